The Bertz CT molecular complexity index is 608. The lowest BCUT2D eigenvalue weighted by atomic mass is 10.0. The number of nitrogens with two attached hydrogens (primary N) is 1. The number of nitrogens with one attached hydrogen (secondary N) is 1. The van der Waals surface area contributed by atoms with E-state index in [4.69, 9.17) is 5.73 Å². The third kappa shape index (κ3) is 3.18. The molecule has 2 fully saturated rings. The number of aromatic nitrogens is 1. The van der Waals surface area contributed by atoms with Gasteiger partial charge in [-0.25, -0.2) is 8.42 Å². The second-order valence-electron chi connectivity index (χ2n) is 6.43. The van der Waals surface area contributed by atoms with Crippen LogP contribution in [0.25, 0.3) is 0 Å². The molecule has 1 aromatic heterocycles. The van der Waals surface area contributed by atoms with E-state index in [0.29, 0.717) is 11.0 Å². The summed E-state index contributed by atoms with van der Waals surface area (Å²) < 4.78 is 29.1. The molecule has 0 radical (unpaired) electrons. The van der Waals surface area contributed by atoms with Crippen LogP contribution in [-0.2, 0) is 9.84 Å². The number of sulfone groups is 1. The van der Waals surface area contributed by atoms with Crippen LogP contribution in [0.1, 0.15) is 51.9 Å². The summed E-state index contributed by atoms with van der Waals surface area (Å²) in [5.41, 5.74) is 5.83. The minimum absolute atomic E-state index is 0.163. The zero-order valence-electron chi connectivity index (χ0n) is 12.3. The molecule has 0 spiro atoms. The minimum atomic E-state index is -3.29. The van der Waals surface area contributed by atoms with Crippen molar-refractivity contribution in [2.24, 2.45) is 5.92 Å². The van der Waals surface area contributed by atoms with Gasteiger partial charge < -0.3 is 11.1 Å². The van der Waals surface area contributed by atoms with Crippen molar-refractivity contribution < 1.29 is 8.42 Å². The number of hydrogen-bond acceptors (Lipinski definition) is 6. The molecule has 2 saturated carbocycles. The van der Waals surface area contributed by atoms with Crippen LogP contribution in [0.3, 0.4) is 0 Å². The molecule has 7 heteroatoms. The van der Waals surface area contributed by atoms with E-state index in [-0.39, 0.29) is 16.0 Å². The van der Waals surface area contributed by atoms with Crippen molar-refractivity contribution in [3.8, 4) is 0 Å². The molecule has 0 saturated heterocycles. The monoisotopic (exact) mass is 329 g/mol. The Hall–Kier alpha value is -0.820. The summed E-state index contributed by atoms with van der Waals surface area (Å²) in [7, 11) is -3.29. The highest BCUT2D eigenvalue weighted by atomic mass is 32.2. The fraction of sp³-hybridized carbons (Fsp3) is 0.786. The highest BCUT2D eigenvalue weighted by Gasteiger charge is 2.41. The van der Waals surface area contributed by atoms with E-state index in [1.54, 1.807) is 0 Å². The maximum absolute atomic E-state index is 12.5. The van der Waals surface area contributed by atoms with E-state index in [1.807, 2.05) is 0 Å². The number of hydrogen-bond donors (Lipinski definition) is 2. The van der Waals surface area contributed by atoms with Crippen LogP contribution in [0.4, 0.5) is 10.8 Å². The molecule has 21 heavy (non-hydrogen) atoms. The standard InChI is InChI=1S/C14H23N3O2S2/c1-9-3-2-4-10(6-5-9)16-14-12(13(15)17-20-14)21(18,19)11-7-8-11/h9-11,16H,2-8H2,1H3,(H2,15,17). The molecule has 1 aromatic rings. The van der Waals surface area contributed by atoms with E-state index in [9.17, 15) is 8.42 Å². The average molecular weight is 329 g/mol. The maximum Gasteiger partial charge on any atom is 0.187 e. The quantitative estimate of drug-likeness (QED) is 0.829. The summed E-state index contributed by atoms with van der Waals surface area (Å²) in [5.74, 6) is 0.925. The zero-order chi connectivity index (χ0) is 15.0. The van der Waals surface area contributed by atoms with Crippen LogP contribution in [-0.4, -0.2) is 24.1 Å². The van der Waals surface area contributed by atoms with Gasteiger partial charge in [0.05, 0.1) is 5.25 Å². The average Bonchev–Trinajstić information content (AvgIpc) is 3.22. The lowest BCUT2D eigenvalue weighted by Gasteiger charge is -2.17. The second-order valence-corrected chi connectivity index (χ2v) is 9.36. The van der Waals surface area contributed by atoms with Crippen LogP contribution in [0, 0.1) is 5.92 Å². The van der Waals surface area contributed by atoms with Gasteiger partial charge in [-0.3, -0.25) is 0 Å². The van der Waals surface area contributed by atoms with Crippen LogP contribution in [0.5, 0.6) is 0 Å². The second kappa shape index (κ2) is 5.76. The van der Waals surface area contributed by atoms with Crippen molar-refractivity contribution in [2.75, 3.05) is 11.1 Å². The van der Waals surface area contributed by atoms with Gasteiger partial charge in [-0.05, 0) is 49.6 Å². The Balaban J connectivity index is 1.80. The molecule has 118 valence electrons. The Kier molecular flexibility index (Phi) is 4.14. The van der Waals surface area contributed by atoms with E-state index in [2.05, 4.69) is 16.6 Å². The summed E-state index contributed by atoms with van der Waals surface area (Å²) in [4.78, 5) is 0.257. The Morgan fingerprint density at radius 2 is 1.95 bits per heavy atom. The zero-order valence-corrected chi connectivity index (χ0v) is 14.0. The highest BCUT2D eigenvalue weighted by molar-refractivity contribution is 7.92. The third-order valence-corrected chi connectivity index (χ3v) is 7.77. The molecule has 0 aromatic carbocycles. The van der Waals surface area contributed by atoms with E-state index >= 15 is 0 Å². The van der Waals surface area contributed by atoms with E-state index in [1.165, 1.54) is 30.8 Å². The molecule has 0 amide bonds. The Labute approximate surface area is 130 Å². The lowest BCUT2D eigenvalue weighted by Crippen LogP contribution is -2.20. The molecule has 2 atom stereocenters. The first-order chi connectivity index (χ1) is 9.98. The number of nitrogen functional groups attached to an aromatic ring is 1. The molecule has 2 unspecified atom stereocenters. The summed E-state index contributed by atoms with van der Waals surface area (Å²) >= 11 is 1.18. The van der Waals surface area contributed by atoms with Gasteiger partial charge in [0, 0.05) is 6.04 Å². The molecule has 0 bridgehead atoms. The Morgan fingerprint density at radius 1 is 1.19 bits per heavy atom. The smallest absolute Gasteiger partial charge is 0.187 e. The van der Waals surface area contributed by atoms with Crippen LogP contribution >= 0.6 is 11.5 Å². The van der Waals surface area contributed by atoms with Crippen molar-refractivity contribution >= 4 is 32.2 Å². The normalized spacial score (nSPS) is 27.3. The van der Waals surface area contributed by atoms with Gasteiger partial charge in [0.2, 0.25) is 0 Å². The molecule has 2 aliphatic carbocycles. The number of nitrogens with zero attached hydrogens (tertiary/aromatic N) is 1. The molecule has 0 aliphatic heterocycles. The first-order valence-corrected chi connectivity index (χ1v) is 10.1. The summed E-state index contributed by atoms with van der Waals surface area (Å²) in [6.07, 6.45) is 7.31. The summed E-state index contributed by atoms with van der Waals surface area (Å²) in [5, 5.41) is 3.82. The van der Waals surface area contributed by atoms with Crippen molar-refractivity contribution in [1.82, 2.24) is 4.37 Å². The fourth-order valence-corrected chi connectivity index (χ4v) is 5.97. The first-order valence-electron chi connectivity index (χ1n) is 7.74. The fourth-order valence-electron chi connectivity index (χ4n) is 3.02. The van der Waals surface area contributed by atoms with Crippen LogP contribution in [0.15, 0.2) is 4.90 Å². The number of rotatable bonds is 4. The van der Waals surface area contributed by atoms with Crippen molar-refractivity contribution in [2.45, 2.75) is 68.1 Å². The van der Waals surface area contributed by atoms with Gasteiger partial charge in [-0.15, -0.1) is 0 Å². The van der Waals surface area contributed by atoms with Gasteiger partial charge in [0.15, 0.2) is 15.7 Å². The van der Waals surface area contributed by atoms with E-state index in [0.717, 1.165) is 31.6 Å². The lowest BCUT2D eigenvalue weighted by molar-refractivity contribution is 0.502. The topological polar surface area (TPSA) is 85.1 Å². The van der Waals surface area contributed by atoms with Gasteiger partial charge in [-0.1, -0.05) is 19.8 Å². The van der Waals surface area contributed by atoms with Crippen LogP contribution in [0.2, 0.25) is 0 Å². The van der Waals surface area contributed by atoms with E-state index < -0.39 is 9.84 Å². The van der Waals surface area contributed by atoms with Gasteiger partial charge in [0.1, 0.15) is 9.90 Å². The van der Waals surface area contributed by atoms with Crippen molar-refractivity contribution in [3.05, 3.63) is 0 Å². The molecule has 3 N–H and O–H groups in total. The van der Waals surface area contributed by atoms with Crippen LogP contribution < -0.4 is 11.1 Å². The minimum Gasteiger partial charge on any atom is -0.382 e. The highest BCUT2D eigenvalue weighted by Crippen LogP contribution is 2.41. The maximum atomic E-state index is 12.5. The first kappa shape index (κ1) is 15.1. The Morgan fingerprint density at radius 3 is 2.67 bits per heavy atom. The van der Waals surface area contributed by atoms with Gasteiger partial charge >= 0.3 is 0 Å². The predicted octanol–water partition coefficient (Wildman–Crippen LogP) is 3.04. The largest absolute Gasteiger partial charge is 0.382 e. The van der Waals surface area contributed by atoms with Crippen molar-refractivity contribution in [1.29, 1.82) is 0 Å². The van der Waals surface area contributed by atoms with Crippen molar-refractivity contribution in [3.63, 3.8) is 0 Å². The molecular weight excluding hydrogens is 306 g/mol. The molecule has 3 rings (SSSR count). The molecule has 2 aliphatic rings. The summed E-state index contributed by atoms with van der Waals surface area (Å²) in [6, 6.07) is 0.336. The van der Waals surface area contributed by atoms with Gasteiger partial charge in [0.25, 0.3) is 0 Å². The number of anilines is 2. The molecule has 5 nitrogen and oxygen atoms in total. The van der Waals surface area contributed by atoms with Gasteiger partial charge in [-0.2, -0.15) is 4.37 Å². The SMILES string of the molecule is CC1CCCC(Nc2snc(N)c2S(=O)(=O)C2CC2)CC1. The third-order valence-electron chi connectivity index (χ3n) is 4.51. The molecule has 1 heterocycles. The predicted molar refractivity (Wildman–Crippen MR) is 86.4 cm³/mol. The summed E-state index contributed by atoms with van der Waals surface area (Å²) in [6.45, 7) is 2.29. The molecular formula is C14H23N3O2S2.